The number of amidine groups is 1. The van der Waals surface area contributed by atoms with Crippen LogP contribution in [0.4, 0.5) is 11.4 Å². The zero-order chi connectivity index (χ0) is 23.0. The Kier molecular flexibility index (Phi) is 5.90. The average Bonchev–Trinajstić information content (AvgIpc) is 3.22. The summed E-state index contributed by atoms with van der Waals surface area (Å²) >= 11 is 7.27. The van der Waals surface area contributed by atoms with Crippen molar-refractivity contribution in [1.29, 1.82) is 0 Å². The Morgan fingerprint density at radius 2 is 1.94 bits per heavy atom. The van der Waals surface area contributed by atoms with Gasteiger partial charge in [0.1, 0.15) is 0 Å². The third-order valence-corrected chi connectivity index (χ3v) is 6.23. The van der Waals surface area contributed by atoms with Crippen LogP contribution in [0, 0.1) is 30.9 Å². The van der Waals surface area contributed by atoms with Crippen molar-refractivity contribution >= 4 is 51.9 Å². The Labute approximate surface area is 194 Å². The van der Waals surface area contributed by atoms with Crippen molar-refractivity contribution in [3.05, 3.63) is 91.1 Å². The van der Waals surface area contributed by atoms with Gasteiger partial charge in [-0.25, -0.2) is 4.99 Å². The molecule has 32 heavy (non-hydrogen) atoms. The molecule has 9 heteroatoms. The van der Waals surface area contributed by atoms with Gasteiger partial charge in [-0.2, -0.15) is 0 Å². The first-order valence-electron chi connectivity index (χ1n) is 9.72. The second kappa shape index (κ2) is 8.64. The number of rotatable bonds is 4. The molecule has 1 aliphatic rings. The summed E-state index contributed by atoms with van der Waals surface area (Å²) in [5.41, 5.74) is 5.02. The first-order chi connectivity index (χ1) is 15.2. The van der Waals surface area contributed by atoms with E-state index in [2.05, 4.69) is 10.3 Å². The summed E-state index contributed by atoms with van der Waals surface area (Å²) in [6.45, 7) is 5.75. The number of halogens is 1. The smallest absolute Gasteiger partial charge is 0.271 e. The zero-order valence-electron chi connectivity index (χ0n) is 17.5. The van der Waals surface area contributed by atoms with Crippen LogP contribution in [0.15, 0.2) is 58.4 Å². The van der Waals surface area contributed by atoms with E-state index in [1.807, 2.05) is 55.7 Å². The molecule has 1 saturated heterocycles. The lowest BCUT2D eigenvalue weighted by Crippen LogP contribution is -2.19. The first kappa shape index (κ1) is 21.9. The molecule has 1 N–H and O–H groups in total. The predicted octanol–water partition coefficient (Wildman–Crippen LogP) is 5.86. The summed E-state index contributed by atoms with van der Waals surface area (Å²) in [6, 6.07) is 13.8. The van der Waals surface area contributed by atoms with Crippen LogP contribution < -0.4 is 5.32 Å². The van der Waals surface area contributed by atoms with Crippen LogP contribution in [0.1, 0.15) is 22.5 Å². The van der Waals surface area contributed by atoms with Crippen LogP contribution in [0.3, 0.4) is 0 Å². The second-order valence-electron chi connectivity index (χ2n) is 7.35. The largest absolute Gasteiger partial charge is 0.318 e. The Morgan fingerprint density at radius 3 is 2.66 bits per heavy atom. The van der Waals surface area contributed by atoms with Crippen molar-refractivity contribution in [1.82, 2.24) is 9.88 Å². The Balaban J connectivity index is 1.65. The highest BCUT2D eigenvalue weighted by atomic mass is 35.5. The third-order valence-electron chi connectivity index (χ3n) is 5.09. The Bertz CT molecular complexity index is 1330. The molecule has 162 valence electrons. The fourth-order valence-corrected chi connectivity index (χ4v) is 4.60. The number of thioether (sulfide) groups is 1. The lowest BCUT2D eigenvalue weighted by molar-refractivity contribution is -0.384. The number of non-ortho nitro benzene ring substituents is 1. The zero-order valence-corrected chi connectivity index (χ0v) is 19.1. The fraction of sp³-hybridized carbons (Fsp3) is 0.130. The molecule has 0 saturated carbocycles. The van der Waals surface area contributed by atoms with Crippen LogP contribution in [-0.4, -0.2) is 20.6 Å². The van der Waals surface area contributed by atoms with Crippen molar-refractivity contribution in [2.75, 3.05) is 0 Å². The molecule has 2 aromatic carbocycles. The normalized spacial score (nSPS) is 16.1. The molecular weight excluding hydrogens is 448 g/mol. The lowest BCUT2D eigenvalue weighted by atomic mass is 10.2. The molecule has 1 fully saturated rings. The fourth-order valence-electron chi connectivity index (χ4n) is 3.55. The number of amides is 1. The van der Waals surface area contributed by atoms with E-state index >= 15 is 0 Å². The van der Waals surface area contributed by atoms with Crippen LogP contribution in [0.2, 0.25) is 5.02 Å². The summed E-state index contributed by atoms with van der Waals surface area (Å²) in [7, 11) is 0. The topological polar surface area (TPSA) is 89.5 Å². The molecule has 7 nitrogen and oxygen atoms in total. The molecule has 1 amide bonds. The summed E-state index contributed by atoms with van der Waals surface area (Å²) < 4.78 is 1.93. The van der Waals surface area contributed by atoms with Crippen LogP contribution in [0.25, 0.3) is 11.8 Å². The van der Waals surface area contributed by atoms with E-state index in [0.29, 0.717) is 20.8 Å². The maximum absolute atomic E-state index is 12.5. The molecule has 0 radical (unpaired) electrons. The van der Waals surface area contributed by atoms with Gasteiger partial charge in [0.2, 0.25) is 0 Å². The quantitative estimate of drug-likeness (QED) is 0.296. The third kappa shape index (κ3) is 4.32. The number of nitrogens with one attached hydrogen (secondary N) is 1. The molecule has 3 aromatic rings. The maximum atomic E-state index is 12.5. The van der Waals surface area contributed by atoms with E-state index < -0.39 is 4.92 Å². The highest BCUT2D eigenvalue weighted by molar-refractivity contribution is 8.18. The standard InChI is InChI=1S/C23H19ClN4O3S/c1-13-9-17(24)7-8-20(13)25-23-26-22(29)21(32-23)11-16-10-14(2)27(15(16)3)18-5-4-6-19(12-18)28(30)31/h4-12H,1-3H3,(H,25,26,29)/b21-11-. The van der Waals surface area contributed by atoms with Crippen molar-refractivity contribution in [3.63, 3.8) is 0 Å². The number of carbonyl (C=O) groups is 1. The van der Waals surface area contributed by atoms with Gasteiger partial charge < -0.3 is 9.88 Å². The monoisotopic (exact) mass is 466 g/mol. The number of nitro groups is 1. The van der Waals surface area contributed by atoms with Crippen molar-refractivity contribution < 1.29 is 9.72 Å². The van der Waals surface area contributed by atoms with Crippen LogP contribution in [-0.2, 0) is 4.79 Å². The SMILES string of the molecule is Cc1cc(Cl)ccc1N=C1NC(=O)/C(=C/c2cc(C)n(-c3cccc([N+](=O)[O-])c3)c2C)S1. The molecule has 2 heterocycles. The highest BCUT2D eigenvalue weighted by Gasteiger charge is 2.25. The van der Waals surface area contributed by atoms with E-state index in [0.717, 1.165) is 28.2 Å². The molecule has 0 bridgehead atoms. The number of carbonyl (C=O) groups excluding carboxylic acids is 1. The van der Waals surface area contributed by atoms with E-state index in [4.69, 9.17) is 11.6 Å². The molecule has 1 aromatic heterocycles. The van der Waals surface area contributed by atoms with Crippen LogP contribution >= 0.6 is 23.4 Å². The van der Waals surface area contributed by atoms with E-state index in [1.165, 1.54) is 23.9 Å². The van der Waals surface area contributed by atoms with Gasteiger partial charge >= 0.3 is 0 Å². The van der Waals surface area contributed by atoms with E-state index in [-0.39, 0.29) is 11.6 Å². The number of nitrogens with zero attached hydrogens (tertiary/aromatic N) is 3. The molecule has 0 atom stereocenters. The molecule has 0 aliphatic carbocycles. The summed E-state index contributed by atoms with van der Waals surface area (Å²) in [5.74, 6) is -0.222. The van der Waals surface area contributed by atoms with Gasteiger partial charge in [-0.15, -0.1) is 0 Å². The number of aromatic nitrogens is 1. The van der Waals surface area contributed by atoms with E-state index in [1.54, 1.807) is 12.1 Å². The lowest BCUT2D eigenvalue weighted by Gasteiger charge is -2.09. The van der Waals surface area contributed by atoms with Gasteiger partial charge in [0.05, 0.1) is 21.2 Å². The number of benzene rings is 2. The first-order valence-corrected chi connectivity index (χ1v) is 10.9. The van der Waals surface area contributed by atoms with Crippen molar-refractivity contribution in [3.8, 4) is 5.69 Å². The minimum atomic E-state index is -0.413. The minimum absolute atomic E-state index is 0.0268. The Hall–Kier alpha value is -3.36. The molecule has 4 rings (SSSR count). The van der Waals surface area contributed by atoms with Gasteiger partial charge in [0, 0.05) is 28.5 Å². The highest BCUT2D eigenvalue weighted by Crippen LogP contribution is 2.32. The molecule has 1 aliphatic heterocycles. The molecule has 0 unspecified atom stereocenters. The number of hydrogen-bond donors (Lipinski definition) is 1. The number of nitro benzene ring substituents is 1. The van der Waals surface area contributed by atoms with Crippen molar-refractivity contribution in [2.45, 2.75) is 20.8 Å². The van der Waals surface area contributed by atoms with Gasteiger partial charge in [0.15, 0.2) is 5.17 Å². The number of aryl methyl sites for hydroxylation is 2. The van der Waals surface area contributed by atoms with Crippen LogP contribution in [0.5, 0.6) is 0 Å². The summed E-state index contributed by atoms with van der Waals surface area (Å²) in [6.07, 6.45) is 1.81. The summed E-state index contributed by atoms with van der Waals surface area (Å²) in [4.78, 5) is 28.3. The van der Waals surface area contributed by atoms with E-state index in [9.17, 15) is 14.9 Å². The summed E-state index contributed by atoms with van der Waals surface area (Å²) in [5, 5.41) is 15.1. The second-order valence-corrected chi connectivity index (χ2v) is 8.82. The molecular formula is C23H19ClN4O3S. The van der Waals surface area contributed by atoms with Gasteiger partial charge in [0.25, 0.3) is 11.6 Å². The number of hydrogen-bond acceptors (Lipinski definition) is 5. The van der Waals surface area contributed by atoms with Gasteiger partial charge in [-0.1, -0.05) is 17.7 Å². The average molecular weight is 467 g/mol. The maximum Gasteiger partial charge on any atom is 0.271 e. The number of aliphatic imine (C=N–C) groups is 1. The Morgan fingerprint density at radius 1 is 1.16 bits per heavy atom. The molecule has 0 spiro atoms. The predicted molar refractivity (Wildman–Crippen MR) is 129 cm³/mol. The minimum Gasteiger partial charge on any atom is -0.318 e. The van der Waals surface area contributed by atoms with Gasteiger partial charge in [-0.3, -0.25) is 14.9 Å². The van der Waals surface area contributed by atoms with Crippen molar-refractivity contribution in [2.24, 2.45) is 4.99 Å². The van der Waals surface area contributed by atoms with Gasteiger partial charge in [-0.05, 0) is 80.1 Å².